The van der Waals surface area contributed by atoms with E-state index in [9.17, 15) is 15.0 Å². The lowest BCUT2D eigenvalue weighted by Crippen LogP contribution is -2.39. The number of hydrogen-bond donors (Lipinski definition) is 5. The van der Waals surface area contributed by atoms with Crippen LogP contribution in [-0.2, 0) is 16.6 Å². The van der Waals surface area contributed by atoms with Crippen LogP contribution in [0.3, 0.4) is 0 Å². The molecule has 6 N–H and O–H groups in total. The van der Waals surface area contributed by atoms with Crippen molar-refractivity contribution in [3.63, 3.8) is 0 Å². The lowest BCUT2D eigenvalue weighted by molar-refractivity contribution is -0.132. The Balaban J connectivity index is 1.26. The molecule has 4 aromatic heterocycles. The fraction of sp³-hybridized carbons (Fsp3) is 0.391. The predicted molar refractivity (Wildman–Crippen MR) is 132 cm³/mol. The first-order valence-corrected chi connectivity index (χ1v) is 11.9. The van der Waals surface area contributed by atoms with Gasteiger partial charge in [0.05, 0.1) is 11.1 Å². The van der Waals surface area contributed by atoms with Crippen molar-refractivity contribution in [2.24, 2.45) is 7.05 Å². The standard InChI is InChI=1S/C23H26N10O4/c1-32-6-5-13(31-32)12-8-33(21-16(12)20(24)27-10-28-21)23-18(35)17(34)19(37-23)22(36)30-15-7-14(25-9-26-15)29-11-3-2-4-11/h5-11,17-19,23,34-35H,2-4H2,1H3,(H2,24,27,28)(H2,25,26,29,30,36)/t17-,18+,19-,23+/m0/s1. The minimum absolute atomic E-state index is 0.224. The van der Waals surface area contributed by atoms with Gasteiger partial charge < -0.3 is 35.9 Å². The molecule has 5 heterocycles. The van der Waals surface area contributed by atoms with Gasteiger partial charge in [0.25, 0.3) is 5.91 Å². The summed E-state index contributed by atoms with van der Waals surface area (Å²) in [5.41, 5.74) is 7.77. The van der Waals surface area contributed by atoms with E-state index in [1.165, 1.54) is 23.6 Å². The van der Waals surface area contributed by atoms with Crippen molar-refractivity contribution < 1.29 is 19.7 Å². The normalized spacial score (nSPS) is 23.8. The van der Waals surface area contributed by atoms with E-state index in [0.717, 1.165) is 12.8 Å². The zero-order valence-corrected chi connectivity index (χ0v) is 19.9. The Morgan fingerprint density at radius 1 is 1.14 bits per heavy atom. The second-order valence-corrected chi connectivity index (χ2v) is 9.26. The first kappa shape index (κ1) is 23.3. The molecule has 0 spiro atoms. The molecule has 0 bridgehead atoms. The number of fused-ring (bicyclic) bond motifs is 1. The number of rotatable bonds is 6. The summed E-state index contributed by atoms with van der Waals surface area (Å²) in [4.78, 5) is 29.7. The molecule has 4 atom stereocenters. The van der Waals surface area contributed by atoms with Crippen LogP contribution in [0.5, 0.6) is 0 Å². The average molecular weight is 507 g/mol. The number of nitrogen functional groups attached to an aromatic ring is 1. The third-order valence-electron chi connectivity index (χ3n) is 6.77. The molecule has 37 heavy (non-hydrogen) atoms. The Morgan fingerprint density at radius 2 is 1.92 bits per heavy atom. The molecule has 14 nitrogen and oxygen atoms in total. The topological polar surface area (TPSA) is 191 Å². The average Bonchev–Trinajstić information content (AvgIpc) is 3.53. The molecule has 2 fully saturated rings. The van der Waals surface area contributed by atoms with E-state index in [0.29, 0.717) is 34.2 Å². The summed E-state index contributed by atoms with van der Waals surface area (Å²) in [5, 5.41) is 32.5. The number of aryl methyl sites for hydroxylation is 1. The number of carbonyl (C=O) groups excluding carboxylic acids is 1. The molecule has 1 saturated carbocycles. The van der Waals surface area contributed by atoms with E-state index in [1.54, 1.807) is 36.3 Å². The number of nitrogens with zero attached hydrogens (tertiary/aromatic N) is 7. The molecule has 1 saturated heterocycles. The van der Waals surface area contributed by atoms with Gasteiger partial charge in [-0.2, -0.15) is 5.10 Å². The molecule has 4 aromatic rings. The van der Waals surface area contributed by atoms with Gasteiger partial charge in [0.1, 0.15) is 48.0 Å². The van der Waals surface area contributed by atoms with Gasteiger partial charge in [0.15, 0.2) is 12.3 Å². The highest BCUT2D eigenvalue weighted by molar-refractivity contribution is 6.00. The molecule has 6 rings (SSSR count). The van der Waals surface area contributed by atoms with Crippen molar-refractivity contribution in [2.45, 2.75) is 49.8 Å². The quantitative estimate of drug-likeness (QED) is 0.244. The van der Waals surface area contributed by atoms with Crippen LogP contribution in [0.15, 0.2) is 37.2 Å². The van der Waals surface area contributed by atoms with Gasteiger partial charge in [-0.15, -0.1) is 0 Å². The molecule has 0 aromatic carbocycles. The Hall–Kier alpha value is -4.14. The number of aliphatic hydroxyl groups is 2. The number of anilines is 3. The Labute approximate surface area is 210 Å². The van der Waals surface area contributed by atoms with Crippen LogP contribution in [-0.4, -0.2) is 74.8 Å². The minimum Gasteiger partial charge on any atom is -0.387 e. The van der Waals surface area contributed by atoms with Gasteiger partial charge in [0, 0.05) is 37.1 Å². The number of aliphatic hydroxyl groups excluding tert-OH is 2. The first-order chi connectivity index (χ1) is 17.9. The number of carbonyl (C=O) groups is 1. The summed E-state index contributed by atoms with van der Waals surface area (Å²) < 4.78 is 9.07. The van der Waals surface area contributed by atoms with Crippen LogP contribution < -0.4 is 16.4 Å². The van der Waals surface area contributed by atoms with E-state index >= 15 is 0 Å². The fourth-order valence-corrected chi connectivity index (χ4v) is 4.62. The van der Waals surface area contributed by atoms with E-state index in [-0.39, 0.29) is 11.6 Å². The smallest absolute Gasteiger partial charge is 0.257 e. The zero-order valence-electron chi connectivity index (χ0n) is 19.9. The van der Waals surface area contributed by atoms with Crippen molar-refractivity contribution in [1.29, 1.82) is 0 Å². The molecular weight excluding hydrogens is 480 g/mol. The van der Waals surface area contributed by atoms with Crippen LogP contribution in [0.25, 0.3) is 22.3 Å². The van der Waals surface area contributed by atoms with Gasteiger partial charge in [-0.05, 0) is 25.3 Å². The van der Waals surface area contributed by atoms with Crippen LogP contribution in [0.1, 0.15) is 25.5 Å². The summed E-state index contributed by atoms with van der Waals surface area (Å²) in [6.45, 7) is 0. The van der Waals surface area contributed by atoms with Crippen molar-refractivity contribution in [3.8, 4) is 11.3 Å². The van der Waals surface area contributed by atoms with Gasteiger partial charge in [-0.3, -0.25) is 9.48 Å². The third kappa shape index (κ3) is 4.14. The van der Waals surface area contributed by atoms with Crippen molar-refractivity contribution >= 4 is 34.4 Å². The van der Waals surface area contributed by atoms with E-state index < -0.39 is 30.4 Å². The molecule has 192 valence electrons. The SMILES string of the molecule is Cn1ccc(-c2cn([C@@H]3O[C@H](C(=O)Nc4cc(NC5CCC5)ncn4)[C@@H](O)[C@H]3O)c3ncnc(N)c23)n1. The molecule has 1 aliphatic heterocycles. The van der Waals surface area contributed by atoms with Gasteiger partial charge in [-0.1, -0.05) is 0 Å². The van der Waals surface area contributed by atoms with Crippen molar-refractivity contribution in [1.82, 2.24) is 34.3 Å². The summed E-state index contributed by atoms with van der Waals surface area (Å²) in [6.07, 6.45) is 3.97. The zero-order chi connectivity index (χ0) is 25.7. The highest BCUT2D eigenvalue weighted by Crippen LogP contribution is 2.38. The Kier molecular flexibility index (Phi) is 5.70. The monoisotopic (exact) mass is 506 g/mol. The maximum Gasteiger partial charge on any atom is 0.257 e. The summed E-state index contributed by atoms with van der Waals surface area (Å²) >= 11 is 0. The van der Waals surface area contributed by atoms with E-state index in [4.69, 9.17) is 10.5 Å². The number of nitrogens with one attached hydrogen (secondary N) is 2. The third-order valence-corrected chi connectivity index (χ3v) is 6.77. The van der Waals surface area contributed by atoms with Crippen molar-refractivity contribution in [2.75, 3.05) is 16.4 Å². The summed E-state index contributed by atoms with van der Waals surface area (Å²) in [6, 6.07) is 3.78. The summed E-state index contributed by atoms with van der Waals surface area (Å²) in [7, 11) is 1.79. The number of nitrogens with two attached hydrogens (primary N) is 1. The molecule has 0 unspecified atom stereocenters. The van der Waals surface area contributed by atoms with Gasteiger partial charge in [0.2, 0.25) is 0 Å². The molecular formula is C23H26N10O4. The predicted octanol–water partition coefficient (Wildman–Crippen LogP) is 0.426. The Bertz CT molecular complexity index is 1470. The Morgan fingerprint density at radius 3 is 2.65 bits per heavy atom. The van der Waals surface area contributed by atoms with E-state index in [1.807, 2.05) is 0 Å². The highest BCUT2D eigenvalue weighted by Gasteiger charge is 2.48. The summed E-state index contributed by atoms with van der Waals surface area (Å²) in [5.74, 6) is 0.415. The molecule has 14 heteroatoms. The highest BCUT2D eigenvalue weighted by atomic mass is 16.6. The second kappa shape index (κ2) is 9.06. The van der Waals surface area contributed by atoms with E-state index in [2.05, 4.69) is 35.7 Å². The maximum absolute atomic E-state index is 13.0. The second-order valence-electron chi connectivity index (χ2n) is 9.26. The first-order valence-electron chi connectivity index (χ1n) is 11.9. The van der Waals surface area contributed by atoms with Gasteiger partial charge in [-0.25, -0.2) is 19.9 Å². The molecule has 1 aliphatic carbocycles. The number of aromatic nitrogens is 7. The maximum atomic E-state index is 13.0. The van der Waals surface area contributed by atoms with Crippen LogP contribution >= 0.6 is 0 Å². The molecule has 1 amide bonds. The lowest BCUT2D eigenvalue weighted by Gasteiger charge is -2.26. The minimum atomic E-state index is -1.51. The number of hydrogen-bond acceptors (Lipinski definition) is 11. The fourth-order valence-electron chi connectivity index (χ4n) is 4.62. The van der Waals surface area contributed by atoms with Gasteiger partial charge >= 0.3 is 0 Å². The van der Waals surface area contributed by atoms with Crippen LogP contribution in [0, 0.1) is 0 Å². The van der Waals surface area contributed by atoms with Crippen LogP contribution in [0.4, 0.5) is 17.5 Å². The number of ether oxygens (including phenoxy) is 1. The largest absolute Gasteiger partial charge is 0.387 e. The number of amides is 1. The van der Waals surface area contributed by atoms with Crippen molar-refractivity contribution in [3.05, 3.63) is 37.2 Å². The molecule has 0 radical (unpaired) electrons. The lowest BCUT2D eigenvalue weighted by atomic mass is 9.93. The van der Waals surface area contributed by atoms with Crippen LogP contribution in [0.2, 0.25) is 0 Å². The molecule has 2 aliphatic rings.